The number of aliphatic carboxylic acids is 1. The summed E-state index contributed by atoms with van der Waals surface area (Å²) in [5, 5.41) is 9.09. The quantitative estimate of drug-likeness (QED) is 0.333. The van der Waals surface area contributed by atoms with Gasteiger partial charge in [-0.25, -0.2) is 9.59 Å². The summed E-state index contributed by atoms with van der Waals surface area (Å²) < 4.78 is 18.8. The Balaban J connectivity index is 5.12. The van der Waals surface area contributed by atoms with Gasteiger partial charge < -0.3 is 24.1 Å². The van der Waals surface area contributed by atoms with Crippen molar-refractivity contribution in [1.29, 1.82) is 0 Å². The van der Waals surface area contributed by atoms with Gasteiger partial charge in [-0.3, -0.25) is 9.59 Å². The lowest BCUT2D eigenvalue weighted by Gasteiger charge is -2.22. The molecular weight excluding hydrogens is 300 g/mol. The first-order valence-corrected chi connectivity index (χ1v) is 6.64. The maximum absolute atomic E-state index is 11.9. The number of ether oxygens (including phenoxy) is 4. The van der Waals surface area contributed by atoms with Gasteiger partial charge in [-0.15, -0.1) is 0 Å². The normalized spacial score (nSPS) is 12.9. The standard InChI is InChI=1S/C13H20O9/c1-4-8(14)21-10(12(16)17)11(22-9(15)5-2)13(18)20-7-6-19-3/h10-11H,4-7H2,1-3H3,(H,16,17)/t10-,11-/m1/s1. The molecule has 0 aliphatic rings. The average Bonchev–Trinajstić information content (AvgIpc) is 2.49. The highest BCUT2D eigenvalue weighted by atomic mass is 16.6. The molecule has 2 atom stereocenters. The summed E-state index contributed by atoms with van der Waals surface area (Å²) in [5.41, 5.74) is 0. The van der Waals surface area contributed by atoms with E-state index in [1.165, 1.54) is 21.0 Å². The molecule has 22 heavy (non-hydrogen) atoms. The van der Waals surface area contributed by atoms with E-state index >= 15 is 0 Å². The van der Waals surface area contributed by atoms with E-state index in [-0.39, 0.29) is 26.1 Å². The fourth-order valence-electron chi connectivity index (χ4n) is 1.23. The van der Waals surface area contributed by atoms with E-state index in [0.717, 1.165) is 0 Å². The number of hydrogen-bond donors (Lipinski definition) is 1. The predicted molar refractivity (Wildman–Crippen MR) is 70.8 cm³/mol. The van der Waals surface area contributed by atoms with E-state index < -0.39 is 36.1 Å². The van der Waals surface area contributed by atoms with Crippen LogP contribution in [0.2, 0.25) is 0 Å². The number of carboxylic acids is 1. The van der Waals surface area contributed by atoms with Crippen molar-refractivity contribution in [3.05, 3.63) is 0 Å². The second kappa shape index (κ2) is 10.6. The monoisotopic (exact) mass is 320 g/mol. The molecule has 0 saturated carbocycles. The van der Waals surface area contributed by atoms with Gasteiger partial charge in [-0.2, -0.15) is 0 Å². The van der Waals surface area contributed by atoms with Crippen molar-refractivity contribution in [2.75, 3.05) is 20.3 Å². The van der Waals surface area contributed by atoms with Crippen LogP contribution in [0.15, 0.2) is 0 Å². The Labute approximate surface area is 127 Å². The molecule has 1 N–H and O–H groups in total. The van der Waals surface area contributed by atoms with Crippen LogP contribution in [0.25, 0.3) is 0 Å². The van der Waals surface area contributed by atoms with Crippen LogP contribution in [-0.2, 0) is 38.1 Å². The van der Waals surface area contributed by atoms with Gasteiger partial charge in [0.05, 0.1) is 6.61 Å². The summed E-state index contributed by atoms with van der Waals surface area (Å²) in [6, 6.07) is 0. The molecule has 0 aliphatic carbocycles. The molecule has 0 unspecified atom stereocenters. The molecular formula is C13H20O9. The molecule has 0 heterocycles. The minimum absolute atomic E-state index is 0.0761. The summed E-state index contributed by atoms with van der Waals surface area (Å²) in [6.07, 6.45) is -4.04. The van der Waals surface area contributed by atoms with Gasteiger partial charge in [0.25, 0.3) is 0 Å². The van der Waals surface area contributed by atoms with Gasteiger partial charge in [-0.1, -0.05) is 13.8 Å². The molecule has 0 amide bonds. The molecule has 0 bridgehead atoms. The Morgan fingerprint density at radius 2 is 1.41 bits per heavy atom. The van der Waals surface area contributed by atoms with Gasteiger partial charge in [0.2, 0.25) is 12.2 Å². The first kappa shape index (κ1) is 19.8. The molecule has 0 aromatic heterocycles. The van der Waals surface area contributed by atoms with Crippen molar-refractivity contribution in [3.63, 3.8) is 0 Å². The summed E-state index contributed by atoms with van der Waals surface area (Å²) in [6.45, 7) is 2.82. The van der Waals surface area contributed by atoms with Gasteiger partial charge in [0, 0.05) is 20.0 Å². The number of carbonyl (C=O) groups is 4. The fourth-order valence-corrected chi connectivity index (χ4v) is 1.23. The van der Waals surface area contributed by atoms with Gasteiger partial charge in [-0.05, 0) is 0 Å². The average molecular weight is 320 g/mol. The third-order valence-electron chi connectivity index (χ3n) is 2.38. The lowest BCUT2D eigenvalue weighted by molar-refractivity contribution is -0.190. The van der Waals surface area contributed by atoms with E-state index in [1.807, 2.05) is 0 Å². The third kappa shape index (κ3) is 7.02. The molecule has 0 fully saturated rings. The van der Waals surface area contributed by atoms with Crippen molar-refractivity contribution in [1.82, 2.24) is 0 Å². The van der Waals surface area contributed by atoms with E-state index in [2.05, 4.69) is 9.47 Å². The second-order valence-electron chi connectivity index (χ2n) is 4.03. The lowest BCUT2D eigenvalue weighted by atomic mass is 10.2. The van der Waals surface area contributed by atoms with E-state index in [9.17, 15) is 19.2 Å². The zero-order valence-corrected chi connectivity index (χ0v) is 12.7. The van der Waals surface area contributed by atoms with E-state index in [4.69, 9.17) is 14.6 Å². The smallest absolute Gasteiger partial charge is 0.352 e. The van der Waals surface area contributed by atoms with Crippen LogP contribution in [0.3, 0.4) is 0 Å². The van der Waals surface area contributed by atoms with Crippen LogP contribution in [0, 0.1) is 0 Å². The molecule has 0 aliphatic heterocycles. The van der Waals surface area contributed by atoms with Crippen LogP contribution >= 0.6 is 0 Å². The molecule has 9 heteroatoms. The lowest BCUT2D eigenvalue weighted by Crippen LogP contribution is -2.46. The van der Waals surface area contributed by atoms with Crippen LogP contribution < -0.4 is 0 Å². The molecule has 126 valence electrons. The summed E-state index contributed by atoms with van der Waals surface area (Å²) in [4.78, 5) is 45.7. The Bertz CT molecular complexity index is 404. The van der Waals surface area contributed by atoms with Crippen LogP contribution in [0.1, 0.15) is 26.7 Å². The van der Waals surface area contributed by atoms with Gasteiger partial charge in [0.1, 0.15) is 6.61 Å². The molecule has 0 radical (unpaired) electrons. The minimum Gasteiger partial charge on any atom is -0.478 e. The number of hydrogen-bond acceptors (Lipinski definition) is 8. The Hall–Kier alpha value is -2.16. The number of methoxy groups -OCH3 is 1. The van der Waals surface area contributed by atoms with Crippen molar-refractivity contribution >= 4 is 23.9 Å². The molecule has 0 saturated heterocycles. The number of esters is 3. The molecule has 9 nitrogen and oxygen atoms in total. The zero-order valence-electron chi connectivity index (χ0n) is 12.7. The highest BCUT2D eigenvalue weighted by molar-refractivity contribution is 5.88. The Kier molecular flexibility index (Phi) is 9.51. The van der Waals surface area contributed by atoms with Crippen LogP contribution in [-0.4, -0.2) is 61.5 Å². The second-order valence-corrected chi connectivity index (χ2v) is 4.03. The largest absolute Gasteiger partial charge is 0.478 e. The highest BCUT2D eigenvalue weighted by Crippen LogP contribution is 2.10. The van der Waals surface area contributed by atoms with Crippen molar-refractivity contribution in [3.8, 4) is 0 Å². The molecule has 0 spiro atoms. The first-order valence-electron chi connectivity index (χ1n) is 6.64. The third-order valence-corrected chi connectivity index (χ3v) is 2.38. The van der Waals surface area contributed by atoms with Gasteiger partial charge >= 0.3 is 23.9 Å². The van der Waals surface area contributed by atoms with Crippen molar-refractivity contribution < 1.29 is 43.2 Å². The Morgan fingerprint density at radius 1 is 0.909 bits per heavy atom. The van der Waals surface area contributed by atoms with Crippen LogP contribution in [0.4, 0.5) is 0 Å². The van der Waals surface area contributed by atoms with E-state index in [0.29, 0.717) is 0 Å². The zero-order chi connectivity index (χ0) is 17.1. The number of carboxylic acid groups (broad SMARTS) is 1. The van der Waals surface area contributed by atoms with Crippen molar-refractivity contribution in [2.24, 2.45) is 0 Å². The maximum Gasteiger partial charge on any atom is 0.352 e. The SMILES string of the molecule is CCC(=O)O[C@@H](C(=O)O)[C@@H](OC(=O)CC)C(=O)OCCOC. The van der Waals surface area contributed by atoms with Crippen LogP contribution in [0.5, 0.6) is 0 Å². The van der Waals surface area contributed by atoms with Gasteiger partial charge in [0.15, 0.2) is 0 Å². The fraction of sp³-hybridized carbons (Fsp3) is 0.692. The molecule has 0 aromatic carbocycles. The maximum atomic E-state index is 11.9. The molecule has 0 aromatic rings. The number of carbonyl (C=O) groups excluding carboxylic acids is 3. The topological polar surface area (TPSA) is 125 Å². The summed E-state index contributed by atoms with van der Waals surface area (Å²) >= 11 is 0. The minimum atomic E-state index is -1.97. The number of rotatable bonds is 10. The first-order chi connectivity index (χ1) is 10.4. The van der Waals surface area contributed by atoms with Crippen molar-refractivity contribution in [2.45, 2.75) is 38.9 Å². The Morgan fingerprint density at radius 3 is 1.82 bits per heavy atom. The van der Waals surface area contributed by atoms with E-state index in [1.54, 1.807) is 0 Å². The molecule has 0 rings (SSSR count). The summed E-state index contributed by atoms with van der Waals surface area (Å²) in [7, 11) is 1.38. The predicted octanol–water partition coefficient (Wildman–Crippen LogP) is -0.0958. The highest BCUT2D eigenvalue weighted by Gasteiger charge is 2.41. The summed E-state index contributed by atoms with van der Waals surface area (Å²) in [5.74, 6) is -4.43.